The van der Waals surface area contributed by atoms with E-state index in [-0.39, 0.29) is 11.9 Å². The highest BCUT2D eigenvalue weighted by molar-refractivity contribution is 9.10. The van der Waals surface area contributed by atoms with Gasteiger partial charge in [0.2, 0.25) is 0 Å². The summed E-state index contributed by atoms with van der Waals surface area (Å²) in [5, 5.41) is 3.22. The first-order valence-electron chi connectivity index (χ1n) is 6.86. The van der Waals surface area contributed by atoms with E-state index in [1.54, 1.807) is 6.07 Å². The second kappa shape index (κ2) is 7.05. The summed E-state index contributed by atoms with van der Waals surface area (Å²) in [6.45, 7) is 4.46. The third-order valence-corrected chi connectivity index (χ3v) is 4.37. The summed E-state index contributed by atoms with van der Waals surface area (Å²) in [4.78, 5) is 0. The van der Waals surface area contributed by atoms with Gasteiger partial charge in [-0.2, -0.15) is 0 Å². The van der Waals surface area contributed by atoms with Gasteiger partial charge in [-0.05, 0) is 49.0 Å². The van der Waals surface area contributed by atoms with E-state index in [4.69, 9.17) is 4.74 Å². The van der Waals surface area contributed by atoms with E-state index in [0.29, 0.717) is 11.1 Å². The molecule has 4 heteroatoms. The maximum atomic E-state index is 13.5. The van der Waals surface area contributed by atoms with Crippen molar-refractivity contribution >= 4 is 15.9 Å². The van der Waals surface area contributed by atoms with Crippen LogP contribution < -0.4 is 10.1 Å². The fourth-order valence-electron chi connectivity index (χ4n) is 2.11. The molecular formula is C17H19BrFNO. The van der Waals surface area contributed by atoms with Crippen LogP contribution in [0.4, 0.5) is 4.39 Å². The summed E-state index contributed by atoms with van der Waals surface area (Å²) in [5.41, 5.74) is 3.08. The van der Waals surface area contributed by atoms with Crippen molar-refractivity contribution in [2.75, 3.05) is 7.05 Å². The molecule has 0 fully saturated rings. The topological polar surface area (TPSA) is 21.3 Å². The third-order valence-electron chi connectivity index (χ3n) is 3.48. The molecule has 21 heavy (non-hydrogen) atoms. The molecule has 112 valence electrons. The van der Waals surface area contributed by atoms with Gasteiger partial charge in [-0.25, -0.2) is 4.39 Å². The first-order valence-corrected chi connectivity index (χ1v) is 7.65. The molecule has 2 aromatic carbocycles. The lowest BCUT2D eigenvalue weighted by atomic mass is 10.0. The van der Waals surface area contributed by atoms with Crippen LogP contribution in [0.2, 0.25) is 0 Å². The number of hydrogen-bond acceptors (Lipinski definition) is 2. The molecule has 2 rings (SSSR count). The van der Waals surface area contributed by atoms with Crippen LogP contribution in [0, 0.1) is 12.7 Å². The Kier molecular flexibility index (Phi) is 5.37. The SMILES string of the molecule is CNC(C)c1cc(C)ccc1OCc1cccc(F)c1Br. The Bertz CT molecular complexity index is 630. The van der Waals surface area contributed by atoms with Crippen LogP contribution >= 0.6 is 15.9 Å². The van der Waals surface area contributed by atoms with E-state index < -0.39 is 0 Å². The van der Waals surface area contributed by atoms with Gasteiger partial charge in [0.05, 0.1) is 4.47 Å². The normalized spacial score (nSPS) is 12.2. The summed E-state index contributed by atoms with van der Waals surface area (Å²) in [6.07, 6.45) is 0. The molecule has 1 unspecified atom stereocenters. The fourth-order valence-corrected chi connectivity index (χ4v) is 2.49. The molecule has 0 saturated carbocycles. The molecule has 0 aliphatic rings. The van der Waals surface area contributed by atoms with Crippen LogP contribution in [0.3, 0.4) is 0 Å². The Morgan fingerprint density at radius 1 is 1.29 bits per heavy atom. The van der Waals surface area contributed by atoms with E-state index in [1.165, 1.54) is 11.6 Å². The molecule has 0 bridgehead atoms. The van der Waals surface area contributed by atoms with Gasteiger partial charge in [-0.3, -0.25) is 0 Å². The van der Waals surface area contributed by atoms with Crippen molar-refractivity contribution in [3.63, 3.8) is 0 Å². The number of aryl methyl sites for hydroxylation is 1. The maximum Gasteiger partial charge on any atom is 0.137 e. The number of halogens is 2. The van der Waals surface area contributed by atoms with E-state index in [1.807, 2.05) is 25.2 Å². The Morgan fingerprint density at radius 2 is 2.05 bits per heavy atom. The second-order valence-electron chi connectivity index (χ2n) is 5.05. The molecule has 2 nitrogen and oxygen atoms in total. The van der Waals surface area contributed by atoms with Gasteiger partial charge >= 0.3 is 0 Å². The van der Waals surface area contributed by atoms with Crippen LogP contribution in [-0.4, -0.2) is 7.05 Å². The first kappa shape index (κ1) is 16.0. The van der Waals surface area contributed by atoms with Crippen LogP contribution in [-0.2, 0) is 6.61 Å². The first-order chi connectivity index (χ1) is 10.0. The average Bonchev–Trinajstić information content (AvgIpc) is 2.49. The molecule has 1 N–H and O–H groups in total. The lowest BCUT2D eigenvalue weighted by molar-refractivity contribution is 0.298. The summed E-state index contributed by atoms with van der Waals surface area (Å²) in [7, 11) is 1.92. The van der Waals surface area contributed by atoms with Gasteiger partial charge in [0, 0.05) is 17.2 Å². The summed E-state index contributed by atoms with van der Waals surface area (Å²) < 4.78 is 19.9. The summed E-state index contributed by atoms with van der Waals surface area (Å²) in [6, 6.07) is 11.2. The van der Waals surface area contributed by atoms with E-state index in [2.05, 4.69) is 41.2 Å². The van der Waals surface area contributed by atoms with Crippen LogP contribution in [0.5, 0.6) is 5.75 Å². The van der Waals surface area contributed by atoms with Crippen LogP contribution in [0.25, 0.3) is 0 Å². The summed E-state index contributed by atoms with van der Waals surface area (Å²) in [5.74, 6) is 0.544. The molecule has 0 saturated heterocycles. The van der Waals surface area contributed by atoms with E-state index >= 15 is 0 Å². The van der Waals surface area contributed by atoms with Crippen molar-refractivity contribution in [1.29, 1.82) is 0 Å². The van der Waals surface area contributed by atoms with Gasteiger partial charge in [0.15, 0.2) is 0 Å². The largest absolute Gasteiger partial charge is 0.489 e. The number of ether oxygens (including phenoxy) is 1. The molecule has 0 radical (unpaired) electrons. The Hall–Kier alpha value is -1.39. The predicted molar refractivity (Wildman–Crippen MR) is 87.1 cm³/mol. The monoisotopic (exact) mass is 351 g/mol. The van der Waals surface area contributed by atoms with Crippen LogP contribution in [0.15, 0.2) is 40.9 Å². The maximum absolute atomic E-state index is 13.5. The van der Waals surface area contributed by atoms with Gasteiger partial charge in [-0.15, -0.1) is 0 Å². The second-order valence-corrected chi connectivity index (χ2v) is 5.85. The fraction of sp³-hybridized carbons (Fsp3) is 0.294. The molecular weight excluding hydrogens is 333 g/mol. The third kappa shape index (κ3) is 3.83. The van der Waals surface area contributed by atoms with Crippen molar-refractivity contribution in [1.82, 2.24) is 5.32 Å². The molecule has 0 amide bonds. The average molecular weight is 352 g/mol. The minimum Gasteiger partial charge on any atom is -0.489 e. The van der Waals surface area contributed by atoms with E-state index in [9.17, 15) is 4.39 Å². The smallest absolute Gasteiger partial charge is 0.137 e. The lowest BCUT2D eigenvalue weighted by Crippen LogP contribution is -2.14. The lowest BCUT2D eigenvalue weighted by Gasteiger charge is -2.17. The Morgan fingerprint density at radius 3 is 2.76 bits per heavy atom. The van der Waals surface area contributed by atoms with Crippen LogP contribution in [0.1, 0.15) is 29.7 Å². The van der Waals surface area contributed by atoms with Gasteiger partial charge in [0.1, 0.15) is 18.2 Å². The highest BCUT2D eigenvalue weighted by atomic mass is 79.9. The highest BCUT2D eigenvalue weighted by Crippen LogP contribution is 2.28. The molecule has 0 heterocycles. The van der Waals surface area contributed by atoms with Crippen molar-refractivity contribution in [2.24, 2.45) is 0 Å². The van der Waals surface area contributed by atoms with Gasteiger partial charge < -0.3 is 10.1 Å². The van der Waals surface area contributed by atoms with E-state index in [0.717, 1.165) is 16.9 Å². The zero-order valence-electron chi connectivity index (χ0n) is 12.4. The standard InChI is InChI=1S/C17H19BrFNO/c1-11-7-8-16(14(9-11)12(2)20-3)21-10-13-5-4-6-15(19)17(13)18/h4-9,12,20H,10H2,1-3H3. The molecule has 0 aromatic heterocycles. The highest BCUT2D eigenvalue weighted by Gasteiger charge is 2.12. The number of nitrogens with one attached hydrogen (secondary N) is 1. The number of rotatable bonds is 5. The van der Waals surface area contributed by atoms with Gasteiger partial charge in [0.25, 0.3) is 0 Å². The molecule has 0 aliphatic carbocycles. The van der Waals surface area contributed by atoms with Gasteiger partial charge in [-0.1, -0.05) is 29.8 Å². The summed E-state index contributed by atoms with van der Waals surface area (Å²) >= 11 is 3.26. The predicted octanol–water partition coefficient (Wildman–Crippen LogP) is 4.76. The zero-order valence-corrected chi connectivity index (χ0v) is 14.0. The molecule has 0 aliphatic heterocycles. The van der Waals surface area contributed by atoms with Crippen molar-refractivity contribution < 1.29 is 9.13 Å². The zero-order chi connectivity index (χ0) is 15.4. The number of hydrogen-bond donors (Lipinski definition) is 1. The molecule has 1 atom stereocenters. The minimum atomic E-state index is -0.274. The van der Waals surface area contributed by atoms with Crippen molar-refractivity contribution in [3.05, 3.63) is 63.4 Å². The van der Waals surface area contributed by atoms with Crippen molar-refractivity contribution in [3.8, 4) is 5.75 Å². The van der Waals surface area contributed by atoms with Crippen molar-refractivity contribution in [2.45, 2.75) is 26.5 Å². The Labute approximate surface area is 133 Å². The minimum absolute atomic E-state index is 0.191. The Balaban J connectivity index is 2.22. The molecule has 2 aromatic rings. The quantitative estimate of drug-likeness (QED) is 0.838. The number of benzene rings is 2. The molecule has 0 spiro atoms.